The summed E-state index contributed by atoms with van der Waals surface area (Å²) in [6, 6.07) is 6.82. The molecule has 2 rings (SSSR count). The molecule has 1 aromatic carbocycles. The number of aromatic nitrogens is 2. The van der Waals surface area contributed by atoms with Crippen LogP contribution in [0, 0.1) is 6.92 Å². The van der Waals surface area contributed by atoms with Crippen molar-refractivity contribution >= 4 is 17.6 Å². The van der Waals surface area contributed by atoms with E-state index in [0.717, 1.165) is 5.75 Å². The molecule has 106 valence electrons. The quantitative estimate of drug-likeness (QED) is 0.642. The van der Waals surface area contributed by atoms with Crippen LogP contribution in [-0.4, -0.2) is 22.4 Å². The molecular formula is C14H15ClN2O3. The molecule has 1 heterocycles. The predicted octanol–water partition coefficient (Wildman–Crippen LogP) is 3.00. The molecule has 1 aromatic heterocycles. The standard InChI is InChI=1S/C14H15ClN2O3/c1-4-19-10-5-7-11(8-6-10)20-14(18)12-9(2)16-17(3)13(12)15/h5-8H,4H2,1-3H3. The van der Waals surface area contributed by atoms with Gasteiger partial charge in [-0.3, -0.25) is 4.68 Å². The lowest BCUT2D eigenvalue weighted by Gasteiger charge is -2.06. The van der Waals surface area contributed by atoms with Crippen molar-refractivity contribution in [2.24, 2.45) is 7.05 Å². The minimum Gasteiger partial charge on any atom is -0.494 e. The van der Waals surface area contributed by atoms with Crippen LogP contribution >= 0.6 is 11.6 Å². The number of carbonyl (C=O) groups is 1. The second-order valence-electron chi connectivity index (χ2n) is 4.17. The van der Waals surface area contributed by atoms with Crippen LogP contribution in [0.4, 0.5) is 0 Å². The van der Waals surface area contributed by atoms with E-state index in [4.69, 9.17) is 21.1 Å². The van der Waals surface area contributed by atoms with Gasteiger partial charge in [0.2, 0.25) is 0 Å². The molecule has 0 fully saturated rings. The summed E-state index contributed by atoms with van der Waals surface area (Å²) in [4.78, 5) is 12.1. The van der Waals surface area contributed by atoms with Crippen molar-refractivity contribution in [1.82, 2.24) is 9.78 Å². The van der Waals surface area contributed by atoms with Gasteiger partial charge in [0, 0.05) is 7.05 Å². The molecule has 0 saturated heterocycles. The van der Waals surface area contributed by atoms with E-state index in [9.17, 15) is 4.79 Å². The molecule has 20 heavy (non-hydrogen) atoms. The van der Waals surface area contributed by atoms with Gasteiger partial charge >= 0.3 is 5.97 Å². The average molecular weight is 295 g/mol. The van der Waals surface area contributed by atoms with Gasteiger partial charge in [-0.1, -0.05) is 11.6 Å². The van der Waals surface area contributed by atoms with Gasteiger partial charge in [-0.25, -0.2) is 4.79 Å². The molecule has 5 nitrogen and oxygen atoms in total. The zero-order valence-corrected chi connectivity index (χ0v) is 12.3. The van der Waals surface area contributed by atoms with Crippen LogP contribution in [0.5, 0.6) is 11.5 Å². The van der Waals surface area contributed by atoms with E-state index in [1.165, 1.54) is 4.68 Å². The summed E-state index contributed by atoms with van der Waals surface area (Å²) in [7, 11) is 1.67. The number of aryl methyl sites for hydroxylation is 2. The van der Waals surface area contributed by atoms with Crippen LogP contribution in [0.3, 0.4) is 0 Å². The maximum atomic E-state index is 12.1. The molecule has 0 spiro atoms. The van der Waals surface area contributed by atoms with Gasteiger partial charge in [0.15, 0.2) is 0 Å². The Kier molecular flexibility index (Phi) is 4.29. The van der Waals surface area contributed by atoms with E-state index in [0.29, 0.717) is 18.1 Å². The highest BCUT2D eigenvalue weighted by Gasteiger charge is 2.20. The normalized spacial score (nSPS) is 10.4. The molecule has 2 aromatic rings. The van der Waals surface area contributed by atoms with Gasteiger partial charge in [-0.05, 0) is 38.1 Å². The number of hydrogen-bond acceptors (Lipinski definition) is 4. The lowest BCUT2D eigenvalue weighted by Crippen LogP contribution is -2.09. The number of ether oxygens (including phenoxy) is 2. The smallest absolute Gasteiger partial charge is 0.348 e. The number of rotatable bonds is 4. The van der Waals surface area contributed by atoms with Crippen LogP contribution in [0.25, 0.3) is 0 Å². The highest BCUT2D eigenvalue weighted by Crippen LogP contribution is 2.22. The van der Waals surface area contributed by atoms with Gasteiger partial charge < -0.3 is 9.47 Å². The SMILES string of the molecule is CCOc1ccc(OC(=O)c2c(C)nn(C)c2Cl)cc1. The van der Waals surface area contributed by atoms with Gasteiger partial charge in [0.05, 0.1) is 12.3 Å². The van der Waals surface area contributed by atoms with Crippen molar-refractivity contribution in [1.29, 1.82) is 0 Å². The third-order valence-corrected chi connectivity index (χ3v) is 3.14. The zero-order chi connectivity index (χ0) is 14.7. The zero-order valence-electron chi connectivity index (χ0n) is 11.5. The van der Waals surface area contributed by atoms with Gasteiger partial charge in [-0.15, -0.1) is 0 Å². The number of benzene rings is 1. The van der Waals surface area contributed by atoms with Crippen molar-refractivity contribution in [3.05, 3.63) is 40.7 Å². The molecule has 0 bridgehead atoms. The topological polar surface area (TPSA) is 53.4 Å². The summed E-state index contributed by atoms with van der Waals surface area (Å²) < 4.78 is 12.0. The minimum atomic E-state index is -0.523. The molecule has 6 heteroatoms. The van der Waals surface area contributed by atoms with E-state index >= 15 is 0 Å². The molecule has 0 aliphatic rings. The van der Waals surface area contributed by atoms with Gasteiger partial charge in [0.1, 0.15) is 22.2 Å². The van der Waals surface area contributed by atoms with Crippen LogP contribution in [-0.2, 0) is 7.05 Å². The maximum absolute atomic E-state index is 12.1. The monoisotopic (exact) mass is 294 g/mol. The summed E-state index contributed by atoms with van der Waals surface area (Å²) in [6.07, 6.45) is 0. The summed E-state index contributed by atoms with van der Waals surface area (Å²) in [6.45, 7) is 4.20. The van der Waals surface area contributed by atoms with Crippen molar-refractivity contribution in [3.8, 4) is 11.5 Å². The highest BCUT2D eigenvalue weighted by atomic mass is 35.5. The Morgan fingerprint density at radius 2 is 1.90 bits per heavy atom. The van der Waals surface area contributed by atoms with E-state index in [1.54, 1.807) is 38.2 Å². The molecule has 0 aliphatic carbocycles. The molecule has 0 amide bonds. The summed E-state index contributed by atoms with van der Waals surface area (Å²) >= 11 is 6.02. The molecular weight excluding hydrogens is 280 g/mol. The molecule has 0 saturated carbocycles. The maximum Gasteiger partial charge on any atom is 0.348 e. The Hall–Kier alpha value is -2.01. The van der Waals surface area contributed by atoms with E-state index in [1.807, 2.05) is 6.92 Å². The number of nitrogens with zero attached hydrogens (tertiary/aromatic N) is 2. The molecule has 0 unspecified atom stereocenters. The number of esters is 1. The van der Waals surface area contributed by atoms with Crippen LogP contribution in [0.2, 0.25) is 5.15 Å². The van der Waals surface area contributed by atoms with Crippen molar-refractivity contribution in [3.63, 3.8) is 0 Å². The fourth-order valence-electron chi connectivity index (χ4n) is 1.79. The lowest BCUT2D eigenvalue weighted by molar-refractivity contribution is 0.0734. The van der Waals surface area contributed by atoms with Crippen molar-refractivity contribution in [2.75, 3.05) is 6.61 Å². The lowest BCUT2D eigenvalue weighted by atomic mass is 10.2. The van der Waals surface area contributed by atoms with Crippen molar-refractivity contribution in [2.45, 2.75) is 13.8 Å². The number of halogens is 1. The fourth-order valence-corrected chi connectivity index (χ4v) is 2.04. The Labute approximate surface area is 122 Å². The van der Waals surface area contributed by atoms with Crippen molar-refractivity contribution < 1.29 is 14.3 Å². The molecule has 0 radical (unpaired) electrons. The second-order valence-corrected chi connectivity index (χ2v) is 4.53. The first-order chi connectivity index (χ1) is 9.52. The largest absolute Gasteiger partial charge is 0.494 e. The Morgan fingerprint density at radius 3 is 2.40 bits per heavy atom. The average Bonchev–Trinajstić information content (AvgIpc) is 2.66. The highest BCUT2D eigenvalue weighted by molar-refractivity contribution is 6.32. The first-order valence-corrected chi connectivity index (χ1v) is 6.55. The van der Waals surface area contributed by atoms with E-state index in [-0.39, 0.29) is 10.7 Å². The van der Waals surface area contributed by atoms with Gasteiger partial charge in [-0.2, -0.15) is 5.10 Å². The molecule has 0 N–H and O–H groups in total. The molecule has 0 aliphatic heterocycles. The third-order valence-electron chi connectivity index (χ3n) is 2.70. The number of hydrogen-bond donors (Lipinski definition) is 0. The van der Waals surface area contributed by atoms with Crippen LogP contribution in [0.1, 0.15) is 23.0 Å². The third kappa shape index (κ3) is 2.93. The summed E-state index contributed by atoms with van der Waals surface area (Å²) in [5.41, 5.74) is 0.816. The van der Waals surface area contributed by atoms with E-state index < -0.39 is 5.97 Å². The first-order valence-electron chi connectivity index (χ1n) is 6.17. The number of carbonyl (C=O) groups excluding carboxylic acids is 1. The molecule has 0 atom stereocenters. The second kappa shape index (κ2) is 5.96. The fraction of sp³-hybridized carbons (Fsp3) is 0.286. The van der Waals surface area contributed by atoms with E-state index in [2.05, 4.69) is 5.10 Å². The summed E-state index contributed by atoms with van der Waals surface area (Å²) in [5.74, 6) is 0.630. The minimum absolute atomic E-state index is 0.262. The van der Waals surface area contributed by atoms with Gasteiger partial charge in [0.25, 0.3) is 0 Å². The predicted molar refractivity (Wildman–Crippen MR) is 75.5 cm³/mol. The Morgan fingerprint density at radius 1 is 1.30 bits per heavy atom. The van der Waals surface area contributed by atoms with Crippen LogP contribution in [0.15, 0.2) is 24.3 Å². The Balaban J connectivity index is 2.15. The van der Waals surface area contributed by atoms with Crippen LogP contribution < -0.4 is 9.47 Å². The Bertz CT molecular complexity index is 620. The first kappa shape index (κ1) is 14.4. The summed E-state index contributed by atoms with van der Waals surface area (Å²) in [5, 5.41) is 4.34.